The molecule has 0 spiro atoms. The Labute approximate surface area is 79.3 Å². The molecule has 0 aromatic heterocycles. The molecular formula is C8H16ClNO2. The first-order chi connectivity index (χ1) is 5.29. The highest BCUT2D eigenvalue weighted by molar-refractivity contribution is 5.85. The molecule has 1 saturated heterocycles. The molecule has 1 N–H and O–H groups in total. The summed E-state index contributed by atoms with van der Waals surface area (Å²) in [5, 5.41) is 3.34. The third kappa shape index (κ3) is 4.57. The van der Waals surface area contributed by atoms with Gasteiger partial charge in [-0.15, -0.1) is 12.4 Å². The number of halogens is 1. The molecule has 1 aliphatic rings. The fourth-order valence-electron chi connectivity index (χ4n) is 1.35. The fraction of sp³-hybridized carbons (Fsp3) is 0.875. The quantitative estimate of drug-likeness (QED) is 0.683. The molecular weight excluding hydrogens is 178 g/mol. The molecule has 12 heavy (non-hydrogen) atoms. The van der Waals surface area contributed by atoms with Crippen LogP contribution in [0, 0.1) is 0 Å². The summed E-state index contributed by atoms with van der Waals surface area (Å²) >= 11 is 0. The lowest BCUT2D eigenvalue weighted by Crippen LogP contribution is -2.23. The topological polar surface area (TPSA) is 38.3 Å². The Morgan fingerprint density at radius 1 is 1.67 bits per heavy atom. The molecule has 1 fully saturated rings. The van der Waals surface area contributed by atoms with Crippen molar-refractivity contribution in [3.8, 4) is 0 Å². The normalized spacial score (nSPS) is 21.6. The Morgan fingerprint density at radius 3 is 2.92 bits per heavy atom. The zero-order valence-corrected chi connectivity index (χ0v) is 8.15. The molecule has 72 valence electrons. The second kappa shape index (κ2) is 6.26. The van der Waals surface area contributed by atoms with Gasteiger partial charge in [0, 0.05) is 13.0 Å². The Morgan fingerprint density at radius 2 is 2.42 bits per heavy atom. The molecule has 1 atom stereocenters. The molecule has 0 aliphatic carbocycles. The second-order valence-corrected chi connectivity index (χ2v) is 2.92. The van der Waals surface area contributed by atoms with Crippen LogP contribution in [-0.2, 0) is 9.53 Å². The predicted octanol–water partition coefficient (Wildman–Crippen LogP) is 1.11. The average molecular weight is 194 g/mol. The average Bonchev–Trinajstić information content (AvgIpc) is 2.39. The van der Waals surface area contributed by atoms with Crippen LogP contribution in [0.25, 0.3) is 0 Å². The Balaban J connectivity index is 0.00000121. The lowest BCUT2D eigenvalue weighted by Gasteiger charge is -2.08. The van der Waals surface area contributed by atoms with Crippen LogP contribution in [0.15, 0.2) is 0 Å². The first kappa shape index (κ1) is 11.7. The number of hydrogen-bond donors (Lipinski definition) is 1. The summed E-state index contributed by atoms with van der Waals surface area (Å²) in [4.78, 5) is 10.4. The zero-order valence-electron chi connectivity index (χ0n) is 7.34. The minimum Gasteiger partial charge on any atom is -0.466 e. The lowest BCUT2D eigenvalue weighted by molar-refractivity contribution is -0.141. The van der Waals surface area contributed by atoms with E-state index >= 15 is 0 Å². The van der Waals surface area contributed by atoms with E-state index in [4.69, 9.17) is 4.74 Å². The van der Waals surface area contributed by atoms with E-state index in [1.807, 2.05) is 0 Å². The standard InChI is InChI=1S/C8H15NO2.ClH/c1-7(10)11-6-4-8-3-2-5-9-8;/h8-9H,2-6H2,1H3;1H/t8-;/m1./s1. The maximum Gasteiger partial charge on any atom is 0.302 e. The van der Waals surface area contributed by atoms with Gasteiger partial charge in [-0.05, 0) is 25.8 Å². The monoisotopic (exact) mass is 193 g/mol. The first-order valence-electron chi connectivity index (χ1n) is 4.16. The van der Waals surface area contributed by atoms with Gasteiger partial charge in [-0.1, -0.05) is 0 Å². The van der Waals surface area contributed by atoms with Crippen molar-refractivity contribution in [3.05, 3.63) is 0 Å². The molecule has 1 rings (SSSR count). The lowest BCUT2D eigenvalue weighted by atomic mass is 10.2. The molecule has 0 saturated carbocycles. The van der Waals surface area contributed by atoms with Crippen LogP contribution in [0.5, 0.6) is 0 Å². The van der Waals surface area contributed by atoms with Crippen LogP contribution in [-0.4, -0.2) is 25.2 Å². The highest BCUT2D eigenvalue weighted by Crippen LogP contribution is 2.08. The van der Waals surface area contributed by atoms with Crippen molar-refractivity contribution >= 4 is 18.4 Å². The first-order valence-corrected chi connectivity index (χ1v) is 4.16. The highest BCUT2D eigenvalue weighted by atomic mass is 35.5. The zero-order chi connectivity index (χ0) is 8.10. The van der Waals surface area contributed by atoms with Gasteiger partial charge in [-0.2, -0.15) is 0 Å². The Bertz CT molecular complexity index is 135. The van der Waals surface area contributed by atoms with Crippen molar-refractivity contribution in [3.63, 3.8) is 0 Å². The van der Waals surface area contributed by atoms with Crippen LogP contribution >= 0.6 is 12.4 Å². The number of esters is 1. The Hall–Kier alpha value is -0.280. The molecule has 4 heteroatoms. The van der Waals surface area contributed by atoms with E-state index in [2.05, 4.69) is 5.32 Å². The maximum absolute atomic E-state index is 10.4. The molecule has 0 radical (unpaired) electrons. The summed E-state index contributed by atoms with van der Waals surface area (Å²) in [6, 6.07) is 0.578. The van der Waals surface area contributed by atoms with Crippen LogP contribution in [0.2, 0.25) is 0 Å². The van der Waals surface area contributed by atoms with Gasteiger partial charge in [0.25, 0.3) is 0 Å². The third-order valence-electron chi connectivity index (χ3n) is 1.93. The molecule has 0 aromatic rings. The van der Waals surface area contributed by atoms with Gasteiger partial charge in [0.1, 0.15) is 0 Å². The molecule has 0 unspecified atom stereocenters. The van der Waals surface area contributed by atoms with Gasteiger partial charge in [-0.25, -0.2) is 0 Å². The highest BCUT2D eigenvalue weighted by Gasteiger charge is 2.13. The minimum atomic E-state index is -0.178. The summed E-state index contributed by atoms with van der Waals surface area (Å²) in [6.45, 7) is 3.12. The van der Waals surface area contributed by atoms with Gasteiger partial charge in [0.15, 0.2) is 0 Å². The second-order valence-electron chi connectivity index (χ2n) is 2.92. The number of ether oxygens (including phenoxy) is 1. The van der Waals surface area contributed by atoms with E-state index in [0.29, 0.717) is 12.6 Å². The van der Waals surface area contributed by atoms with Gasteiger partial charge in [-0.3, -0.25) is 4.79 Å². The number of hydrogen-bond acceptors (Lipinski definition) is 3. The van der Waals surface area contributed by atoms with E-state index in [9.17, 15) is 4.79 Å². The van der Waals surface area contributed by atoms with Crippen LogP contribution in [0.4, 0.5) is 0 Å². The van der Waals surface area contributed by atoms with Crippen molar-refractivity contribution < 1.29 is 9.53 Å². The van der Waals surface area contributed by atoms with E-state index in [1.165, 1.54) is 19.8 Å². The SMILES string of the molecule is CC(=O)OCC[C@H]1CCCN1.Cl. The maximum atomic E-state index is 10.4. The van der Waals surface area contributed by atoms with E-state index in [1.54, 1.807) is 0 Å². The molecule has 3 nitrogen and oxygen atoms in total. The van der Waals surface area contributed by atoms with Gasteiger partial charge >= 0.3 is 5.97 Å². The van der Waals surface area contributed by atoms with Crippen LogP contribution in [0.3, 0.4) is 0 Å². The Kier molecular flexibility index (Phi) is 6.11. The van der Waals surface area contributed by atoms with Gasteiger partial charge in [0.2, 0.25) is 0 Å². The predicted molar refractivity (Wildman–Crippen MR) is 49.5 cm³/mol. The van der Waals surface area contributed by atoms with E-state index < -0.39 is 0 Å². The van der Waals surface area contributed by atoms with Gasteiger partial charge in [0.05, 0.1) is 6.61 Å². The molecule has 0 amide bonds. The number of nitrogens with one attached hydrogen (secondary N) is 1. The third-order valence-corrected chi connectivity index (χ3v) is 1.93. The summed E-state index contributed by atoms with van der Waals surface area (Å²) in [6.07, 6.45) is 3.44. The number of rotatable bonds is 3. The summed E-state index contributed by atoms with van der Waals surface area (Å²) < 4.78 is 4.82. The van der Waals surface area contributed by atoms with Crippen molar-refractivity contribution in [2.24, 2.45) is 0 Å². The molecule has 0 bridgehead atoms. The molecule has 1 heterocycles. The largest absolute Gasteiger partial charge is 0.466 e. The summed E-state index contributed by atoms with van der Waals surface area (Å²) in [5.41, 5.74) is 0. The number of carbonyl (C=O) groups excluding carboxylic acids is 1. The minimum absolute atomic E-state index is 0. The summed E-state index contributed by atoms with van der Waals surface area (Å²) in [7, 11) is 0. The molecule has 0 aromatic carbocycles. The smallest absolute Gasteiger partial charge is 0.302 e. The van der Waals surface area contributed by atoms with Gasteiger partial charge < -0.3 is 10.1 Å². The van der Waals surface area contributed by atoms with Crippen LogP contribution in [0.1, 0.15) is 26.2 Å². The van der Waals surface area contributed by atoms with Crippen molar-refractivity contribution in [2.45, 2.75) is 32.2 Å². The summed E-state index contributed by atoms with van der Waals surface area (Å²) in [5.74, 6) is -0.178. The van der Waals surface area contributed by atoms with E-state index in [0.717, 1.165) is 13.0 Å². The molecule has 1 aliphatic heterocycles. The number of carbonyl (C=O) groups is 1. The van der Waals surface area contributed by atoms with E-state index in [-0.39, 0.29) is 18.4 Å². The van der Waals surface area contributed by atoms with Crippen molar-refractivity contribution in [2.75, 3.05) is 13.2 Å². The van der Waals surface area contributed by atoms with Crippen molar-refractivity contribution in [1.82, 2.24) is 5.32 Å². The van der Waals surface area contributed by atoms with Crippen molar-refractivity contribution in [1.29, 1.82) is 0 Å². The van der Waals surface area contributed by atoms with Crippen LogP contribution < -0.4 is 5.32 Å². The fourth-order valence-corrected chi connectivity index (χ4v) is 1.35.